The Kier molecular flexibility index (Phi) is 4.17. The van der Waals surface area contributed by atoms with Gasteiger partial charge >= 0.3 is 6.36 Å². The van der Waals surface area contributed by atoms with Gasteiger partial charge in [-0.15, -0.1) is 24.8 Å². The lowest BCUT2D eigenvalue weighted by atomic mass is 10.3. The standard InChI is InChI=1S/C8H6ClF3N2O4/c1-17-7-6(18-8(10,11)12)2-5(14(15)16)4(3-9)13-7/h2H,3H2,1H3. The Morgan fingerprint density at radius 1 is 1.56 bits per heavy atom. The zero-order chi connectivity index (χ0) is 13.9. The summed E-state index contributed by atoms with van der Waals surface area (Å²) in [5.41, 5.74) is -0.891. The lowest BCUT2D eigenvalue weighted by Crippen LogP contribution is -2.18. The Morgan fingerprint density at radius 3 is 2.56 bits per heavy atom. The number of alkyl halides is 4. The van der Waals surface area contributed by atoms with Crippen LogP contribution in [0.4, 0.5) is 18.9 Å². The molecule has 0 fully saturated rings. The smallest absolute Gasteiger partial charge is 0.478 e. The van der Waals surface area contributed by atoms with E-state index in [9.17, 15) is 23.3 Å². The highest BCUT2D eigenvalue weighted by atomic mass is 35.5. The predicted octanol–water partition coefficient (Wildman–Crippen LogP) is 2.64. The zero-order valence-corrected chi connectivity index (χ0v) is 9.58. The maximum Gasteiger partial charge on any atom is 0.573 e. The summed E-state index contributed by atoms with van der Waals surface area (Å²) in [4.78, 5) is 13.2. The number of nitrogens with zero attached hydrogens (tertiary/aromatic N) is 2. The van der Waals surface area contributed by atoms with Gasteiger partial charge in [0.15, 0.2) is 5.75 Å². The number of ether oxygens (including phenoxy) is 2. The van der Waals surface area contributed by atoms with Crippen LogP contribution in [0.3, 0.4) is 0 Å². The van der Waals surface area contributed by atoms with Crippen molar-refractivity contribution in [1.29, 1.82) is 0 Å². The van der Waals surface area contributed by atoms with Gasteiger partial charge in [-0.25, -0.2) is 4.98 Å². The average molecular weight is 287 g/mol. The Bertz CT molecular complexity index is 466. The quantitative estimate of drug-likeness (QED) is 0.483. The predicted molar refractivity (Wildman–Crippen MR) is 53.7 cm³/mol. The van der Waals surface area contributed by atoms with Crippen molar-refractivity contribution in [3.63, 3.8) is 0 Å². The summed E-state index contributed by atoms with van der Waals surface area (Å²) in [7, 11) is 1.05. The molecular formula is C8H6ClF3N2O4. The summed E-state index contributed by atoms with van der Waals surface area (Å²) in [5.74, 6) is -1.78. The van der Waals surface area contributed by atoms with E-state index in [0.29, 0.717) is 6.07 Å². The van der Waals surface area contributed by atoms with Crippen molar-refractivity contribution in [2.45, 2.75) is 12.2 Å². The van der Waals surface area contributed by atoms with E-state index in [0.717, 1.165) is 7.11 Å². The molecule has 1 heterocycles. The highest BCUT2D eigenvalue weighted by Crippen LogP contribution is 2.35. The van der Waals surface area contributed by atoms with E-state index in [1.807, 2.05) is 0 Å². The average Bonchev–Trinajstić information content (AvgIpc) is 2.26. The number of hydrogen-bond donors (Lipinski definition) is 0. The minimum Gasteiger partial charge on any atom is -0.478 e. The van der Waals surface area contributed by atoms with E-state index >= 15 is 0 Å². The van der Waals surface area contributed by atoms with E-state index in [1.165, 1.54) is 0 Å². The van der Waals surface area contributed by atoms with E-state index in [-0.39, 0.29) is 11.6 Å². The second kappa shape index (κ2) is 5.25. The molecule has 10 heteroatoms. The molecule has 1 aromatic rings. The summed E-state index contributed by atoms with van der Waals surface area (Å²) >= 11 is 5.40. The van der Waals surface area contributed by atoms with Gasteiger partial charge in [-0.2, -0.15) is 0 Å². The second-order valence-electron chi connectivity index (χ2n) is 2.90. The van der Waals surface area contributed by atoms with Gasteiger partial charge in [-0.3, -0.25) is 10.1 Å². The lowest BCUT2D eigenvalue weighted by Gasteiger charge is -2.12. The number of hydrogen-bond acceptors (Lipinski definition) is 5. The van der Waals surface area contributed by atoms with Crippen LogP contribution in [0, 0.1) is 10.1 Å². The fourth-order valence-electron chi connectivity index (χ4n) is 1.10. The van der Waals surface area contributed by atoms with Crippen molar-refractivity contribution in [3.8, 4) is 11.6 Å². The van der Waals surface area contributed by atoms with Crippen LogP contribution >= 0.6 is 11.6 Å². The fraction of sp³-hybridized carbons (Fsp3) is 0.375. The maximum atomic E-state index is 12.1. The molecule has 0 aromatic carbocycles. The van der Waals surface area contributed by atoms with Gasteiger partial charge in [0.05, 0.1) is 24.0 Å². The molecule has 0 atom stereocenters. The van der Waals surface area contributed by atoms with Crippen molar-refractivity contribution in [1.82, 2.24) is 4.98 Å². The molecule has 0 bridgehead atoms. The van der Waals surface area contributed by atoms with E-state index in [2.05, 4.69) is 14.5 Å². The third kappa shape index (κ3) is 3.36. The molecule has 1 aromatic heterocycles. The van der Waals surface area contributed by atoms with Gasteiger partial charge in [0, 0.05) is 0 Å². The third-order valence-corrected chi connectivity index (χ3v) is 2.01. The van der Waals surface area contributed by atoms with Crippen LogP contribution in [0.15, 0.2) is 6.07 Å². The van der Waals surface area contributed by atoms with E-state index in [1.54, 1.807) is 0 Å². The molecule has 0 saturated heterocycles. The Morgan fingerprint density at radius 2 is 2.17 bits per heavy atom. The summed E-state index contributed by atoms with van der Waals surface area (Å²) < 4.78 is 44.3. The molecular weight excluding hydrogens is 281 g/mol. The van der Waals surface area contributed by atoms with Gasteiger partial charge in [-0.05, 0) is 0 Å². The molecule has 1 rings (SSSR count). The number of methoxy groups -OCH3 is 1. The molecule has 6 nitrogen and oxygen atoms in total. The van der Waals surface area contributed by atoms with Crippen molar-refractivity contribution >= 4 is 17.3 Å². The van der Waals surface area contributed by atoms with Gasteiger partial charge in [0.1, 0.15) is 5.69 Å². The zero-order valence-electron chi connectivity index (χ0n) is 8.82. The number of nitro groups is 1. The molecule has 0 spiro atoms. The SMILES string of the molecule is COc1nc(CCl)c([N+](=O)[O-])cc1OC(F)(F)F. The monoisotopic (exact) mass is 286 g/mol. The van der Waals surface area contributed by atoms with Gasteiger partial charge < -0.3 is 9.47 Å². The van der Waals surface area contributed by atoms with E-state index in [4.69, 9.17) is 11.6 Å². The highest BCUT2D eigenvalue weighted by molar-refractivity contribution is 6.17. The molecule has 0 N–H and O–H groups in total. The van der Waals surface area contributed by atoms with Crippen LogP contribution in [0.5, 0.6) is 11.6 Å². The summed E-state index contributed by atoms with van der Waals surface area (Å²) in [5, 5.41) is 10.6. The van der Waals surface area contributed by atoms with Crippen molar-refractivity contribution in [3.05, 3.63) is 21.9 Å². The van der Waals surface area contributed by atoms with Gasteiger partial charge in [0.25, 0.3) is 11.6 Å². The first-order valence-electron chi connectivity index (χ1n) is 4.32. The number of aromatic nitrogens is 1. The van der Waals surface area contributed by atoms with Crippen molar-refractivity contribution in [2.24, 2.45) is 0 Å². The van der Waals surface area contributed by atoms with Gasteiger partial charge in [0.2, 0.25) is 0 Å². The molecule has 0 aliphatic carbocycles. The van der Waals surface area contributed by atoms with E-state index < -0.39 is 28.6 Å². The second-order valence-corrected chi connectivity index (χ2v) is 3.17. The van der Waals surface area contributed by atoms with Crippen molar-refractivity contribution in [2.75, 3.05) is 7.11 Å². The normalized spacial score (nSPS) is 11.2. The van der Waals surface area contributed by atoms with Crippen LogP contribution in [-0.4, -0.2) is 23.4 Å². The van der Waals surface area contributed by atoms with Crippen LogP contribution in [0.1, 0.15) is 5.69 Å². The summed E-state index contributed by atoms with van der Waals surface area (Å²) in [6.45, 7) is 0. The number of halogens is 4. The first-order valence-corrected chi connectivity index (χ1v) is 4.86. The van der Waals surface area contributed by atoms with Crippen LogP contribution < -0.4 is 9.47 Å². The minimum absolute atomic E-state index is 0.215. The molecule has 0 unspecified atom stereocenters. The lowest BCUT2D eigenvalue weighted by molar-refractivity contribution is -0.386. The van der Waals surface area contributed by atoms with Crippen LogP contribution in [0.25, 0.3) is 0 Å². The molecule has 0 radical (unpaired) electrons. The highest BCUT2D eigenvalue weighted by Gasteiger charge is 2.34. The maximum absolute atomic E-state index is 12.1. The first kappa shape index (κ1) is 14.3. The summed E-state index contributed by atoms with van der Waals surface area (Å²) in [6, 6.07) is 0.567. The largest absolute Gasteiger partial charge is 0.573 e. The van der Waals surface area contributed by atoms with Gasteiger partial charge in [-0.1, -0.05) is 0 Å². The number of pyridine rings is 1. The molecule has 0 aliphatic heterocycles. The molecule has 0 amide bonds. The number of rotatable bonds is 4. The van der Waals surface area contributed by atoms with Crippen LogP contribution in [-0.2, 0) is 5.88 Å². The third-order valence-electron chi connectivity index (χ3n) is 1.75. The Labute approximate surface area is 103 Å². The fourth-order valence-corrected chi connectivity index (χ4v) is 1.30. The molecule has 0 saturated carbocycles. The molecule has 100 valence electrons. The molecule has 0 aliphatic rings. The molecule has 18 heavy (non-hydrogen) atoms. The minimum atomic E-state index is -5.01. The Balaban J connectivity index is 3.32. The first-order chi connectivity index (χ1) is 8.28. The van der Waals surface area contributed by atoms with Crippen molar-refractivity contribution < 1.29 is 27.6 Å². The Hall–Kier alpha value is -1.77. The topological polar surface area (TPSA) is 74.5 Å². The summed E-state index contributed by atoms with van der Waals surface area (Å²) in [6.07, 6.45) is -5.01. The van der Waals surface area contributed by atoms with Crippen LogP contribution in [0.2, 0.25) is 0 Å².